The van der Waals surface area contributed by atoms with Crippen molar-refractivity contribution in [3.05, 3.63) is 29.8 Å². The van der Waals surface area contributed by atoms with Crippen LogP contribution in [0.4, 0.5) is 4.79 Å². The van der Waals surface area contributed by atoms with E-state index in [0.717, 1.165) is 25.7 Å². The Morgan fingerprint density at radius 3 is 2.47 bits per heavy atom. The fraction of sp³-hybridized carbons (Fsp3) is 0.625. The molecule has 8 heteroatoms. The zero-order chi connectivity index (χ0) is 23.7. The second kappa shape index (κ2) is 11.7. The number of nitrogens with one attached hydrogen (secondary N) is 2. The van der Waals surface area contributed by atoms with Gasteiger partial charge in [-0.2, -0.15) is 0 Å². The van der Waals surface area contributed by atoms with Gasteiger partial charge in [0.2, 0.25) is 11.8 Å². The third kappa shape index (κ3) is 8.05. The van der Waals surface area contributed by atoms with Gasteiger partial charge < -0.3 is 25.4 Å². The molecule has 0 aromatic heterocycles. The molecule has 0 aliphatic heterocycles. The number of nitrogens with zero attached hydrogens (tertiary/aromatic N) is 1. The third-order valence-electron chi connectivity index (χ3n) is 5.27. The number of phenols is 1. The van der Waals surface area contributed by atoms with E-state index in [1.807, 2.05) is 6.92 Å². The predicted octanol–water partition coefficient (Wildman–Crippen LogP) is 3.65. The van der Waals surface area contributed by atoms with Gasteiger partial charge in [0.25, 0.3) is 0 Å². The van der Waals surface area contributed by atoms with Crippen LogP contribution in [0.15, 0.2) is 24.3 Å². The van der Waals surface area contributed by atoms with E-state index in [0.29, 0.717) is 18.5 Å². The Labute approximate surface area is 190 Å². The summed E-state index contributed by atoms with van der Waals surface area (Å²) in [6, 6.07) is 5.57. The summed E-state index contributed by atoms with van der Waals surface area (Å²) >= 11 is 0. The highest BCUT2D eigenvalue weighted by molar-refractivity contribution is 5.90. The number of hydrogen-bond acceptors (Lipinski definition) is 5. The van der Waals surface area contributed by atoms with Gasteiger partial charge >= 0.3 is 6.09 Å². The highest BCUT2D eigenvalue weighted by Gasteiger charge is 2.33. The van der Waals surface area contributed by atoms with Gasteiger partial charge in [-0.25, -0.2) is 4.79 Å². The topological polar surface area (TPSA) is 108 Å². The first-order valence-corrected chi connectivity index (χ1v) is 11.5. The van der Waals surface area contributed by atoms with Gasteiger partial charge in [0.05, 0.1) is 0 Å². The third-order valence-corrected chi connectivity index (χ3v) is 5.27. The normalized spacial score (nSPS) is 15.5. The molecule has 0 heterocycles. The maximum Gasteiger partial charge on any atom is 0.408 e. The summed E-state index contributed by atoms with van der Waals surface area (Å²) in [4.78, 5) is 40.0. The van der Waals surface area contributed by atoms with Gasteiger partial charge in [-0.15, -0.1) is 0 Å². The molecule has 0 saturated heterocycles. The number of carbonyl (C=O) groups excluding carboxylic acids is 3. The first-order valence-electron chi connectivity index (χ1n) is 11.5. The van der Waals surface area contributed by atoms with Gasteiger partial charge in [-0.05, 0) is 57.7 Å². The zero-order valence-electron chi connectivity index (χ0n) is 19.6. The van der Waals surface area contributed by atoms with E-state index in [2.05, 4.69) is 10.6 Å². The second-order valence-electron chi connectivity index (χ2n) is 9.28. The standard InChI is InChI=1S/C24H37N3O5/c1-5-14-27(20(29)16-25-23(31)32-24(2,3)4)21(17-10-9-13-19(28)15-17)22(30)26-18-11-7-6-8-12-18/h9-10,13,15,18,21,28H,5-8,11-12,14,16H2,1-4H3,(H,25,31)(H,26,30). The lowest BCUT2D eigenvalue weighted by Crippen LogP contribution is -2.50. The molecule has 1 unspecified atom stereocenters. The summed E-state index contributed by atoms with van der Waals surface area (Å²) in [5.74, 6) is -0.653. The van der Waals surface area contributed by atoms with Crippen LogP contribution < -0.4 is 10.6 Å². The molecule has 0 spiro atoms. The van der Waals surface area contributed by atoms with E-state index in [1.165, 1.54) is 23.5 Å². The van der Waals surface area contributed by atoms with E-state index >= 15 is 0 Å². The van der Waals surface area contributed by atoms with E-state index in [4.69, 9.17) is 4.74 Å². The number of phenolic OH excluding ortho intramolecular Hbond substituents is 1. The van der Waals surface area contributed by atoms with Crippen molar-refractivity contribution >= 4 is 17.9 Å². The Balaban J connectivity index is 2.22. The highest BCUT2D eigenvalue weighted by atomic mass is 16.6. The molecule has 1 aromatic rings. The molecule has 1 saturated carbocycles. The van der Waals surface area contributed by atoms with Crippen LogP contribution >= 0.6 is 0 Å². The number of ether oxygens (including phenoxy) is 1. The molecular weight excluding hydrogens is 410 g/mol. The number of aromatic hydroxyl groups is 1. The fourth-order valence-corrected chi connectivity index (χ4v) is 3.90. The molecule has 32 heavy (non-hydrogen) atoms. The van der Waals surface area contributed by atoms with Crippen molar-refractivity contribution in [3.63, 3.8) is 0 Å². The lowest BCUT2D eigenvalue weighted by molar-refractivity contribution is -0.140. The van der Waals surface area contributed by atoms with Crippen molar-refractivity contribution in [2.45, 2.75) is 83.9 Å². The Morgan fingerprint density at radius 2 is 1.88 bits per heavy atom. The van der Waals surface area contributed by atoms with E-state index in [1.54, 1.807) is 32.9 Å². The van der Waals surface area contributed by atoms with Crippen LogP contribution in [0.1, 0.15) is 77.8 Å². The minimum atomic E-state index is -0.906. The van der Waals surface area contributed by atoms with E-state index < -0.39 is 23.6 Å². The van der Waals surface area contributed by atoms with Crippen molar-refractivity contribution in [1.82, 2.24) is 15.5 Å². The molecule has 0 radical (unpaired) electrons. The predicted molar refractivity (Wildman–Crippen MR) is 122 cm³/mol. The average Bonchev–Trinajstić information content (AvgIpc) is 2.71. The Morgan fingerprint density at radius 1 is 1.19 bits per heavy atom. The molecule has 1 atom stereocenters. The quantitative estimate of drug-likeness (QED) is 0.564. The van der Waals surface area contributed by atoms with Crippen molar-refractivity contribution in [2.24, 2.45) is 0 Å². The van der Waals surface area contributed by atoms with Crippen LogP contribution in [0.2, 0.25) is 0 Å². The number of amides is 3. The summed E-state index contributed by atoms with van der Waals surface area (Å²) in [6.45, 7) is 7.18. The fourth-order valence-electron chi connectivity index (χ4n) is 3.90. The Hall–Kier alpha value is -2.77. The number of rotatable bonds is 8. The molecule has 2 rings (SSSR count). The summed E-state index contributed by atoms with van der Waals surface area (Å²) in [5, 5.41) is 15.6. The van der Waals surface area contributed by atoms with Crippen molar-refractivity contribution in [2.75, 3.05) is 13.1 Å². The average molecular weight is 448 g/mol. The number of benzene rings is 1. The van der Waals surface area contributed by atoms with Gasteiger partial charge in [0.1, 0.15) is 23.9 Å². The maximum absolute atomic E-state index is 13.4. The van der Waals surface area contributed by atoms with E-state index in [9.17, 15) is 19.5 Å². The molecule has 1 aliphatic carbocycles. The molecule has 1 aliphatic rings. The summed E-state index contributed by atoms with van der Waals surface area (Å²) in [6.07, 6.45) is 5.07. The van der Waals surface area contributed by atoms with Gasteiger partial charge in [0.15, 0.2) is 0 Å². The first-order chi connectivity index (χ1) is 15.1. The minimum Gasteiger partial charge on any atom is -0.508 e. The van der Waals surface area contributed by atoms with Crippen LogP contribution in [0.3, 0.4) is 0 Å². The van der Waals surface area contributed by atoms with Crippen molar-refractivity contribution < 1.29 is 24.2 Å². The minimum absolute atomic E-state index is 0.0220. The first kappa shape index (κ1) is 25.5. The largest absolute Gasteiger partial charge is 0.508 e. The lowest BCUT2D eigenvalue weighted by atomic mass is 9.94. The van der Waals surface area contributed by atoms with Crippen molar-refractivity contribution in [3.8, 4) is 5.75 Å². The summed E-state index contributed by atoms with van der Waals surface area (Å²) in [5.41, 5.74) is -0.155. The number of carbonyl (C=O) groups is 3. The van der Waals surface area contributed by atoms with Crippen LogP contribution in [0.25, 0.3) is 0 Å². The SMILES string of the molecule is CCCN(C(=O)CNC(=O)OC(C)(C)C)C(C(=O)NC1CCCCC1)c1cccc(O)c1. The molecule has 178 valence electrons. The van der Waals surface area contributed by atoms with E-state index in [-0.39, 0.29) is 24.2 Å². The zero-order valence-corrected chi connectivity index (χ0v) is 19.6. The van der Waals surface area contributed by atoms with Gasteiger partial charge in [-0.1, -0.05) is 38.3 Å². The van der Waals surface area contributed by atoms with Gasteiger partial charge in [-0.3, -0.25) is 9.59 Å². The molecular formula is C24H37N3O5. The Kier molecular flexibility index (Phi) is 9.35. The van der Waals surface area contributed by atoms with Crippen molar-refractivity contribution in [1.29, 1.82) is 0 Å². The summed E-state index contributed by atoms with van der Waals surface area (Å²) in [7, 11) is 0. The van der Waals surface area contributed by atoms with Crippen LogP contribution in [-0.4, -0.2) is 52.6 Å². The second-order valence-corrected chi connectivity index (χ2v) is 9.28. The molecule has 1 aromatic carbocycles. The highest BCUT2D eigenvalue weighted by Crippen LogP contribution is 2.26. The molecule has 0 bridgehead atoms. The number of alkyl carbamates (subject to hydrolysis) is 1. The lowest BCUT2D eigenvalue weighted by Gasteiger charge is -2.33. The smallest absolute Gasteiger partial charge is 0.408 e. The van der Waals surface area contributed by atoms with Gasteiger partial charge in [0, 0.05) is 12.6 Å². The van der Waals surface area contributed by atoms with Crippen LogP contribution in [0.5, 0.6) is 5.75 Å². The molecule has 3 N–H and O–H groups in total. The maximum atomic E-state index is 13.4. The van der Waals surface area contributed by atoms with Crippen LogP contribution in [-0.2, 0) is 14.3 Å². The number of hydrogen-bond donors (Lipinski definition) is 3. The molecule has 8 nitrogen and oxygen atoms in total. The van der Waals surface area contributed by atoms with Crippen LogP contribution in [0, 0.1) is 0 Å². The monoisotopic (exact) mass is 447 g/mol. The molecule has 1 fully saturated rings. The Bertz CT molecular complexity index is 784. The molecule has 3 amide bonds. The summed E-state index contributed by atoms with van der Waals surface area (Å²) < 4.78 is 5.20.